The van der Waals surface area contributed by atoms with E-state index in [4.69, 9.17) is 0 Å². The standard InChI is InChI=1S/C11H12BrNS2/c1-7-5-9(12)3-4-10(7)13-11-14-6-8(2)15-11/h3-5,8H,6H2,1-2H3/b13-11+. The molecule has 0 aromatic heterocycles. The van der Waals surface area contributed by atoms with Gasteiger partial charge in [-0.1, -0.05) is 46.4 Å². The van der Waals surface area contributed by atoms with Crippen molar-refractivity contribution in [2.24, 2.45) is 4.99 Å². The molecule has 1 aromatic rings. The van der Waals surface area contributed by atoms with Gasteiger partial charge < -0.3 is 0 Å². The second-order valence-corrected chi connectivity index (χ2v) is 7.16. The van der Waals surface area contributed by atoms with Crippen LogP contribution in [0.1, 0.15) is 12.5 Å². The molecule has 0 N–H and O–H groups in total. The number of rotatable bonds is 1. The van der Waals surface area contributed by atoms with Gasteiger partial charge in [-0.2, -0.15) is 0 Å². The summed E-state index contributed by atoms with van der Waals surface area (Å²) in [6.07, 6.45) is 0. The molecule has 1 atom stereocenters. The summed E-state index contributed by atoms with van der Waals surface area (Å²) in [6, 6.07) is 6.21. The molecule has 1 aliphatic rings. The lowest BCUT2D eigenvalue weighted by Crippen LogP contribution is -1.89. The van der Waals surface area contributed by atoms with E-state index in [1.165, 1.54) is 15.7 Å². The molecule has 2 rings (SSSR count). The molecule has 80 valence electrons. The maximum atomic E-state index is 4.67. The summed E-state index contributed by atoms with van der Waals surface area (Å²) < 4.78 is 2.32. The van der Waals surface area contributed by atoms with Gasteiger partial charge in [0.1, 0.15) is 4.38 Å². The van der Waals surface area contributed by atoms with Crippen molar-refractivity contribution in [1.29, 1.82) is 0 Å². The van der Waals surface area contributed by atoms with Gasteiger partial charge in [0, 0.05) is 15.5 Å². The van der Waals surface area contributed by atoms with Crippen molar-refractivity contribution in [2.45, 2.75) is 19.1 Å². The predicted octanol–water partition coefficient (Wildman–Crippen LogP) is 4.61. The van der Waals surface area contributed by atoms with Crippen LogP contribution in [-0.4, -0.2) is 15.4 Å². The molecule has 0 bridgehead atoms. The Morgan fingerprint density at radius 1 is 1.47 bits per heavy atom. The first-order chi connectivity index (χ1) is 7.15. The summed E-state index contributed by atoms with van der Waals surface area (Å²) in [5.74, 6) is 1.18. The number of thioether (sulfide) groups is 2. The zero-order chi connectivity index (χ0) is 10.8. The Bertz CT molecular complexity index is 404. The fraction of sp³-hybridized carbons (Fsp3) is 0.364. The molecular weight excluding hydrogens is 290 g/mol. The summed E-state index contributed by atoms with van der Waals surface area (Å²) in [4.78, 5) is 4.67. The van der Waals surface area contributed by atoms with E-state index in [0.717, 1.165) is 10.2 Å². The van der Waals surface area contributed by atoms with Gasteiger partial charge in [-0.25, -0.2) is 4.99 Å². The smallest absolute Gasteiger partial charge is 0.130 e. The van der Waals surface area contributed by atoms with Crippen molar-refractivity contribution in [3.8, 4) is 0 Å². The average Bonchev–Trinajstić information content (AvgIpc) is 2.56. The summed E-state index contributed by atoms with van der Waals surface area (Å²) in [5, 5.41) is 0.699. The van der Waals surface area contributed by atoms with Crippen LogP contribution in [0.5, 0.6) is 0 Å². The van der Waals surface area contributed by atoms with Crippen LogP contribution in [0.25, 0.3) is 0 Å². The topological polar surface area (TPSA) is 12.4 Å². The molecule has 15 heavy (non-hydrogen) atoms. The molecule has 1 heterocycles. The largest absolute Gasteiger partial charge is 0.235 e. The Labute approximate surface area is 107 Å². The molecule has 0 saturated carbocycles. The van der Waals surface area contributed by atoms with Gasteiger partial charge in [-0.15, -0.1) is 0 Å². The van der Waals surface area contributed by atoms with E-state index in [0.29, 0.717) is 5.25 Å². The van der Waals surface area contributed by atoms with Crippen molar-refractivity contribution < 1.29 is 0 Å². The Kier molecular flexibility index (Phi) is 3.80. The number of halogens is 1. The van der Waals surface area contributed by atoms with Crippen molar-refractivity contribution in [1.82, 2.24) is 0 Å². The monoisotopic (exact) mass is 301 g/mol. The maximum Gasteiger partial charge on any atom is 0.130 e. The lowest BCUT2D eigenvalue weighted by Gasteiger charge is -2.01. The molecule has 0 amide bonds. The van der Waals surface area contributed by atoms with E-state index in [9.17, 15) is 0 Å². The van der Waals surface area contributed by atoms with Gasteiger partial charge in [0.2, 0.25) is 0 Å². The first-order valence-electron chi connectivity index (χ1n) is 4.79. The summed E-state index contributed by atoms with van der Waals surface area (Å²) in [7, 11) is 0. The first kappa shape index (κ1) is 11.6. The molecule has 1 aromatic carbocycles. The van der Waals surface area contributed by atoms with E-state index >= 15 is 0 Å². The molecule has 0 aliphatic carbocycles. The Morgan fingerprint density at radius 3 is 2.87 bits per heavy atom. The van der Waals surface area contributed by atoms with Crippen LogP contribution < -0.4 is 0 Å². The van der Waals surface area contributed by atoms with Crippen LogP contribution >= 0.6 is 39.5 Å². The Morgan fingerprint density at radius 2 is 2.27 bits per heavy atom. The number of nitrogens with zero attached hydrogens (tertiary/aromatic N) is 1. The number of hydrogen-bond donors (Lipinski definition) is 0. The molecule has 0 spiro atoms. The third-order valence-corrected chi connectivity index (χ3v) is 5.33. The summed E-state index contributed by atoms with van der Waals surface area (Å²) >= 11 is 7.19. The normalized spacial score (nSPS) is 23.7. The minimum absolute atomic E-state index is 0.699. The average molecular weight is 302 g/mol. The van der Waals surface area contributed by atoms with E-state index in [1.54, 1.807) is 0 Å². The van der Waals surface area contributed by atoms with Crippen LogP contribution in [-0.2, 0) is 0 Å². The second kappa shape index (κ2) is 4.93. The number of aliphatic imine (C=N–C) groups is 1. The lowest BCUT2D eigenvalue weighted by molar-refractivity contribution is 1.15. The van der Waals surface area contributed by atoms with Crippen LogP contribution in [0.3, 0.4) is 0 Å². The Hall–Kier alpha value is 0.0700. The highest BCUT2D eigenvalue weighted by Gasteiger charge is 2.17. The zero-order valence-corrected chi connectivity index (χ0v) is 11.9. The van der Waals surface area contributed by atoms with Crippen molar-refractivity contribution >= 4 is 49.5 Å². The predicted molar refractivity (Wildman–Crippen MR) is 75.5 cm³/mol. The third kappa shape index (κ3) is 3.02. The highest BCUT2D eigenvalue weighted by atomic mass is 79.9. The summed E-state index contributed by atoms with van der Waals surface area (Å²) in [5.41, 5.74) is 2.31. The molecule has 1 fully saturated rings. The lowest BCUT2D eigenvalue weighted by atomic mass is 10.2. The molecular formula is C11H12BrNS2. The molecule has 1 nitrogen and oxygen atoms in total. The highest BCUT2D eigenvalue weighted by molar-refractivity contribution is 9.10. The molecule has 0 radical (unpaired) electrons. The second-order valence-electron chi connectivity index (χ2n) is 3.55. The third-order valence-electron chi connectivity index (χ3n) is 2.11. The minimum atomic E-state index is 0.699. The van der Waals surface area contributed by atoms with E-state index in [1.807, 2.05) is 29.6 Å². The van der Waals surface area contributed by atoms with Gasteiger partial charge in [0.15, 0.2) is 0 Å². The molecule has 4 heteroatoms. The van der Waals surface area contributed by atoms with E-state index in [-0.39, 0.29) is 0 Å². The molecule has 1 saturated heterocycles. The van der Waals surface area contributed by atoms with Crippen molar-refractivity contribution in [3.05, 3.63) is 28.2 Å². The highest BCUT2D eigenvalue weighted by Crippen LogP contribution is 2.35. The SMILES string of the molecule is Cc1cc(Br)ccc1/N=C1\SCC(C)S1. The van der Waals surface area contributed by atoms with Crippen LogP contribution in [0.2, 0.25) is 0 Å². The van der Waals surface area contributed by atoms with Crippen LogP contribution in [0.4, 0.5) is 5.69 Å². The van der Waals surface area contributed by atoms with Crippen LogP contribution in [0, 0.1) is 6.92 Å². The fourth-order valence-electron chi connectivity index (χ4n) is 1.33. The van der Waals surface area contributed by atoms with Crippen molar-refractivity contribution in [3.63, 3.8) is 0 Å². The number of hydrogen-bond acceptors (Lipinski definition) is 3. The zero-order valence-electron chi connectivity index (χ0n) is 8.66. The van der Waals surface area contributed by atoms with Gasteiger partial charge >= 0.3 is 0 Å². The maximum absolute atomic E-state index is 4.67. The number of aryl methyl sites for hydroxylation is 1. The Balaban J connectivity index is 2.24. The van der Waals surface area contributed by atoms with Gasteiger partial charge in [0.05, 0.1) is 5.69 Å². The van der Waals surface area contributed by atoms with Gasteiger partial charge in [-0.05, 0) is 30.7 Å². The minimum Gasteiger partial charge on any atom is -0.235 e. The van der Waals surface area contributed by atoms with E-state index < -0.39 is 0 Å². The number of benzene rings is 1. The van der Waals surface area contributed by atoms with E-state index in [2.05, 4.69) is 46.9 Å². The quantitative estimate of drug-likeness (QED) is 0.751. The van der Waals surface area contributed by atoms with Crippen molar-refractivity contribution in [2.75, 3.05) is 5.75 Å². The fourth-order valence-corrected chi connectivity index (χ4v) is 4.29. The van der Waals surface area contributed by atoms with Crippen LogP contribution in [0.15, 0.2) is 27.7 Å². The first-order valence-corrected chi connectivity index (χ1v) is 7.45. The summed E-state index contributed by atoms with van der Waals surface area (Å²) in [6.45, 7) is 4.34. The van der Waals surface area contributed by atoms with Gasteiger partial charge in [0.25, 0.3) is 0 Å². The molecule has 1 unspecified atom stereocenters. The molecule has 1 aliphatic heterocycles. The van der Waals surface area contributed by atoms with Gasteiger partial charge in [-0.3, -0.25) is 0 Å².